The Morgan fingerprint density at radius 2 is 2.00 bits per heavy atom. The summed E-state index contributed by atoms with van der Waals surface area (Å²) in [5.41, 5.74) is 1.17. The lowest BCUT2D eigenvalue weighted by Gasteiger charge is -2.31. The Morgan fingerprint density at radius 3 is 2.39 bits per heavy atom. The number of hydrogen-bond acceptors (Lipinski definition) is 3. The normalized spacial score (nSPS) is 13.5. The van der Waals surface area contributed by atoms with Gasteiger partial charge in [0.15, 0.2) is 0 Å². The maximum absolute atomic E-state index is 9.92. The lowest BCUT2D eigenvalue weighted by Crippen LogP contribution is -2.38. The summed E-state index contributed by atoms with van der Waals surface area (Å²) in [6.07, 6.45) is -0.472. The van der Waals surface area contributed by atoms with Gasteiger partial charge in [-0.1, -0.05) is 6.07 Å². The maximum Gasteiger partial charge on any atom is 0.0765 e. The second-order valence-corrected chi connectivity index (χ2v) is 6.07. The molecular formula is C14H22BrNO2. The molecule has 18 heavy (non-hydrogen) atoms. The predicted molar refractivity (Wildman–Crippen MR) is 79.0 cm³/mol. The smallest absolute Gasteiger partial charge is 0.0765 e. The molecule has 1 rings (SSSR count). The zero-order valence-corrected chi connectivity index (χ0v) is 13.0. The number of nitrogens with zero attached hydrogens (tertiary/aromatic N) is 1. The molecule has 4 heteroatoms. The van der Waals surface area contributed by atoms with Crippen molar-refractivity contribution >= 4 is 21.6 Å². The van der Waals surface area contributed by atoms with Gasteiger partial charge in [0, 0.05) is 17.6 Å². The van der Waals surface area contributed by atoms with Crippen molar-refractivity contribution in [2.24, 2.45) is 0 Å². The third kappa shape index (κ3) is 4.26. The molecule has 0 radical (unpaired) electrons. The molecule has 0 amide bonds. The van der Waals surface area contributed by atoms with Crippen molar-refractivity contribution in [2.75, 3.05) is 18.0 Å². The Bertz CT molecular complexity index is 399. The van der Waals surface area contributed by atoms with Crippen LogP contribution in [0.3, 0.4) is 0 Å². The van der Waals surface area contributed by atoms with Crippen molar-refractivity contribution in [3.05, 3.63) is 28.2 Å². The summed E-state index contributed by atoms with van der Waals surface area (Å²) in [6.45, 7) is 8.78. The van der Waals surface area contributed by atoms with Gasteiger partial charge in [0.2, 0.25) is 0 Å². The quantitative estimate of drug-likeness (QED) is 0.877. The first-order chi connectivity index (χ1) is 8.24. The van der Waals surface area contributed by atoms with E-state index in [0.717, 1.165) is 22.3 Å². The Balaban J connectivity index is 3.00. The van der Waals surface area contributed by atoms with E-state index in [9.17, 15) is 10.2 Å². The molecule has 0 saturated carbocycles. The molecule has 0 aliphatic rings. The number of aliphatic hydroxyl groups is 2. The van der Waals surface area contributed by atoms with Crippen molar-refractivity contribution in [3.8, 4) is 0 Å². The molecule has 1 aromatic rings. The summed E-state index contributed by atoms with van der Waals surface area (Å²) in [6, 6.07) is 5.81. The molecule has 1 atom stereocenters. The predicted octanol–water partition coefficient (Wildman–Crippen LogP) is 3.10. The lowest BCUT2D eigenvalue weighted by atomic mass is 10.1. The van der Waals surface area contributed by atoms with E-state index in [4.69, 9.17) is 0 Å². The molecule has 0 aromatic heterocycles. The molecule has 102 valence electrons. The molecule has 0 fully saturated rings. The van der Waals surface area contributed by atoms with Gasteiger partial charge in [-0.3, -0.25) is 0 Å². The van der Waals surface area contributed by atoms with E-state index >= 15 is 0 Å². The number of halogens is 1. The van der Waals surface area contributed by atoms with E-state index in [1.54, 1.807) is 20.8 Å². The number of benzene rings is 1. The second-order valence-electron chi connectivity index (χ2n) is 5.21. The zero-order valence-electron chi connectivity index (χ0n) is 11.4. The van der Waals surface area contributed by atoms with E-state index in [2.05, 4.69) is 27.8 Å². The van der Waals surface area contributed by atoms with Crippen LogP contribution in [-0.4, -0.2) is 28.9 Å². The summed E-state index contributed by atoms with van der Waals surface area (Å²) in [7, 11) is 0. The highest BCUT2D eigenvalue weighted by Crippen LogP contribution is 2.30. The van der Waals surface area contributed by atoms with E-state index < -0.39 is 11.7 Å². The van der Waals surface area contributed by atoms with Crippen molar-refractivity contribution in [3.63, 3.8) is 0 Å². The topological polar surface area (TPSA) is 43.7 Å². The van der Waals surface area contributed by atoms with E-state index in [1.165, 1.54) is 0 Å². The number of hydrogen-bond donors (Lipinski definition) is 2. The molecule has 0 unspecified atom stereocenters. The van der Waals surface area contributed by atoms with Crippen LogP contribution in [0.25, 0.3) is 0 Å². The van der Waals surface area contributed by atoms with Gasteiger partial charge in [0.1, 0.15) is 0 Å². The maximum atomic E-state index is 9.92. The molecule has 3 nitrogen and oxygen atoms in total. The summed E-state index contributed by atoms with van der Waals surface area (Å²) in [5.74, 6) is 0. The third-order valence-electron chi connectivity index (χ3n) is 2.75. The largest absolute Gasteiger partial charge is 0.389 e. The summed E-state index contributed by atoms with van der Waals surface area (Å²) in [5, 5.41) is 19.5. The van der Waals surface area contributed by atoms with Crippen LogP contribution in [0.5, 0.6) is 0 Å². The van der Waals surface area contributed by atoms with Gasteiger partial charge in [-0.15, -0.1) is 0 Å². The minimum absolute atomic E-state index is 0.472. The molecule has 0 spiro atoms. The molecule has 2 N–H and O–H groups in total. The summed E-state index contributed by atoms with van der Waals surface area (Å²) < 4.78 is 0.937. The first-order valence-corrected chi connectivity index (χ1v) is 6.98. The minimum atomic E-state index is -0.738. The van der Waals surface area contributed by atoms with Crippen LogP contribution in [-0.2, 0) is 0 Å². The average Bonchev–Trinajstić information content (AvgIpc) is 2.24. The van der Waals surface area contributed by atoms with Crippen LogP contribution in [0, 0.1) is 0 Å². The highest BCUT2D eigenvalue weighted by Gasteiger charge is 2.19. The highest BCUT2D eigenvalue weighted by atomic mass is 79.9. The van der Waals surface area contributed by atoms with Crippen LogP contribution >= 0.6 is 15.9 Å². The molecule has 0 aliphatic heterocycles. The molecule has 0 aliphatic carbocycles. The second kappa shape index (κ2) is 6.04. The fourth-order valence-electron chi connectivity index (χ4n) is 1.87. The Morgan fingerprint density at radius 1 is 1.39 bits per heavy atom. The minimum Gasteiger partial charge on any atom is -0.389 e. The molecular weight excluding hydrogens is 294 g/mol. The van der Waals surface area contributed by atoms with E-state index in [0.29, 0.717) is 6.54 Å². The van der Waals surface area contributed by atoms with Gasteiger partial charge < -0.3 is 15.1 Å². The molecule has 0 bridgehead atoms. The Hall–Kier alpha value is -0.580. The zero-order chi connectivity index (χ0) is 13.9. The average molecular weight is 316 g/mol. The fraction of sp³-hybridized carbons (Fsp3) is 0.571. The van der Waals surface area contributed by atoms with Gasteiger partial charge >= 0.3 is 0 Å². The van der Waals surface area contributed by atoms with E-state index in [1.807, 2.05) is 18.2 Å². The SMILES string of the molecule is CCN(CC(C)(C)O)c1ccc([C@@H](C)O)cc1Br. The van der Waals surface area contributed by atoms with Gasteiger partial charge in [0.05, 0.1) is 17.4 Å². The van der Waals surface area contributed by atoms with E-state index in [-0.39, 0.29) is 0 Å². The molecule has 0 heterocycles. The van der Waals surface area contributed by atoms with Gasteiger partial charge in [-0.2, -0.15) is 0 Å². The monoisotopic (exact) mass is 315 g/mol. The lowest BCUT2D eigenvalue weighted by molar-refractivity contribution is 0.0875. The summed E-state index contributed by atoms with van der Waals surface area (Å²) in [4.78, 5) is 2.11. The Labute approximate surface area is 118 Å². The van der Waals surface area contributed by atoms with Gasteiger partial charge in [0.25, 0.3) is 0 Å². The van der Waals surface area contributed by atoms with Crippen LogP contribution in [0.4, 0.5) is 5.69 Å². The Kier molecular flexibility index (Phi) is 5.20. The van der Waals surface area contributed by atoms with Crippen LogP contribution < -0.4 is 4.90 Å². The number of rotatable bonds is 5. The number of anilines is 1. The van der Waals surface area contributed by atoms with Crippen LogP contribution in [0.2, 0.25) is 0 Å². The van der Waals surface area contributed by atoms with Crippen molar-refractivity contribution < 1.29 is 10.2 Å². The number of aliphatic hydroxyl groups excluding tert-OH is 1. The summed E-state index contributed by atoms with van der Waals surface area (Å²) >= 11 is 3.53. The highest BCUT2D eigenvalue weighted by molar-refractivity contribution is 9.10. The standard InChI is InChI=1S/C14H22BrNO2/c1-5-16(9-14(3,4)18)13-7-6-11(10(2)17)8-12(13)15/h6-8,10,17-18H,5,9H2,1-4H3/t10-/m1/s1. The fourth-order valence-corrected chi connectivity index (χ4v) is 2.52. The van der Waals surface area contributed by atoms with Crippen molar-refractivity contribution in [1.29, 1.82) is 0 Å². The van der Waals surface area contributed by atoms with Gasteiger partial charge in [-0.05, 0) is 61.3 Å². The first-order valence-electron chi connectivity index (χ1n) is 6.19. The van der Waals surface area contributed by atoms with Crippen LogP contribution in [0.1, 0.15) is 39.4 Å². The van der Waals surface area contributed by atoms with Crippen molar-refractivity contribution in [2.45, 2.75) is 39.4 Å². The third-order valence-corrected chi connectivity index (χ3v) is 3.39. The molecule has 1 aromatic carbocycles. The van der Waals surface area contributed by atoms with Gasteiger partial charge in [-0.25, -0.2) is 0 Å². The first kappa shape index (κ1) is 15.5. The molecule has 0 saturated heterocycles. The van der Waals surface area contributed by atoms with Crippen molar-refractivity contribution in [1.82, 2.24) is 0 Å². The number of likely N-dealkylation sites (N-methyl/N-ethyl adjacent to an activating group) is 1. The van der Waals surface area contributed by atoms with Crippen LogP contribution in [0.15, 0.2) is 22.7 Å².